The molecule has 0 heterocycles. The second-order valence-electron chi connectivity index (χ2n) is 7.25. The number of ether oxygens (including phenoxy) is 2. The van der Waals surface area contributed by atoms with Crippen LogP contribution in [0.3, 0.4) is 0 Å². The Bertz CT molecular complexity index is 365. The van der Waals surface area contributed by atoms with Gasteiger partial charge in [0.1, 0.15) is 11.6 Å². The molecule has 0 bridgehead atoms. The Morgan fingerprint density at radius 3 is 2.14 bits per heavy atom. The minimum atomic E-state index is -0.632. The summed E-state index contributed by atoms with van der Waals surface area (Å²) in [6.45, 7) is 9.85. The molecule has 0 unspecified atom stereocenters. The van der Waals surface area contributed by atoms with Crippen LogP contribution in [0.2, 0.25) is 0 Å². The first-order chi connectivity index (χ1) is 9.62. The number of carbonyl (C=O) groups is 2. The molecule has 5 heteroatoms. The number of carbonyl (C=O) groups excluding carboxylic acids is 2. The molecule has 0 aromatic rings. The van der Waals surface area contributed by atoms with Crippen molar-refractivity contribution in [2.24, 2.45) is 17.8 Å². The van der Waals surface area contributed by atoms with Gasteiger partial charge in [-0.1, -0.05) is 13.8 Å². The fourth-order valence-corrected chi connectivity index (χ4v) is 2.94. The van der Waals surface area contributed by atoms with Gasteiger partial charge in [-0.2, -0.15) is 0 Å². The second kappa shape index (κ2) is 7.14. The van der Waals surface area contributed by atoms with Crippen LogP contribution < -0.4 is 5.32 Å². The van der Waals surface area contributed by atoms with Crippen LogP contribution in [-0.2, 0) is 14.3 Å². The molecule has 21 heavy (non-hydrogen) atoms. The zero-order chi connectivity index (χ0) is 16.2. The fraction of sp³-hybridized carbons (Fsp3) is 0.875. The molecular weight excluding hydrogens is 270 g/mol. The van der Waals surface area contributed by atoms with E-state index in [4.69, 9.17) is 9.47 Å². The maximum atomic E-state index is 11.9. The number of rotatable bonds is 4. The summed E-state index contributed by atoms with van der Waals surface area (Å²) in [5, 5.41) is 2.65. The quantitative estimate of drug-likeness (QED) is 0.810. The first-order valence-electron chi connectivity index (χ1n) is 7.69. The molecule has 1 rings (SSSR count). The van der Waals surface area contributed by atoms with Gasteiger partial charge in [0.2, 0.25) is 0 Å². The van der Waals surface area contributed by atoms with Crippen LogP contribution in [0.5, 0.6) is 0 Å². The third kappa shape index (κ3) is 5.94. The molecule has 1 aliphatic rings. The normalized spacial score (nSPS) is 27.0. The van der Waals surface area contributed by atoms with Crippen LogP contribution in [-0.4, -0.2) is 30.8 Å². The van der Waals surface area contributed by atoms with E-state index in [9.17, 15) is 9.59 Å². The van der Waals surface area contributed by atoms with Crippen LogP contribution in [0, 0.1) is 17.8 Å². The molecule has 0 radical (unpaired) electrons. The highest BCUT2D eigenvalue weighted by atomic mass is 16.6. The Balaban J connectivity index is 2.60. The number of nitrogens with one attached hydrogen (secondary N) is 1. The lowest BCUT2D eigenvalue weighted by atomic mass is 9.97. The molecule has 1 N–H and O–H groups in total. The van der Waals surface area contributed by atoms with Gasteiger partial charge in [-0.3, -0.25) is 0 Å². The second-order valence-corrected chi connectivity index (χ2v) is 7.25. The Labute approximate surface area is 127 Å². The predicted octanol–water partition coefficient (Wildman–Crippen LogP) is 3.13. The topological polar surface area (TPSA) is 64.6 Å². The molecule has 0 spiro atoms. The van der Waals surface area contributed by atoms with Crippen molar-refractivity contribution in [1.82, 2.24) is 5.32 Å². The van der Waals surface area contributed by atoms with Gasteiger partial charge >= 0.3 is 12.1 Å². The van der Waals surface area contributed by atoms with Gasteiger partial charge < -0.3 is 14.8 Å². The van der Waals surface area contributed by atoms with Crippen molar-refractivity contribution >= 4 is 12.1 Å². The molecule has 0 aromatic carbocycles. The van der Waals surface area contributed by atoms with Gasteiger partial charge in [-0.25, -0.2) is 9.59 Å². The van der Waals surface area contributed by atoms with Gasteiger partial charge in [0.05, 0.1) is 7.11 Å². The summed E-state index contributed by atoms with van der Waals surface area (Å²) in [4.78, 5) is 23.7. The molecular formula is C16H29NO4. The Morgan fingerprint density at radius 1 is 1.19 bits per heavy atom. The summed E-state index contributed by atoms with van der Waals surface area (Å²) >= 11 is 0. The largest absolute Gasteiger partial charge is 0.467 e. The standard InChI is InChI=1S/C16H29NO4/c1-10-7-12(8-11(10)2)9-13(14(18)20-6)17-15(19)21-16(3,4)5/h10-13H,7-9H2,1-6H3,(H,17,19)/t10-,11+,12+,13-/m0/s1. The van der Waals surface area contributed by atoms with E-state index < -0.39 is 23.7 Å². The van der Waals surface area contributed by atoms with Gasteiger partial charge in [-0.05, 0) is 57.8 Å². The molecule has 4 atom stereocenters. The Morgan fingerprint density at radius 2 is 1.71 bits per heavy atom. The van der Waals surface area contributed by atoms with Crippen LogP contribution in [0.25, 0.3) is 0 Å². The van der Waals surface area contributed by atoms with Crippen molar-refractivity contribution in [2.45, 2.75) is 65.5 Å². The third-order valence-electron chi connectivity index (χ3n) is 4.13. The summed E-state index contributed by atoms with van der Waals surface area (Å²) in [5.41, 5.74) is -0.582. The van der Waals surface area contributed by atoms with Gasteiger partial charge in [0, 0.05) is 0 Å². The highest BCUT2D eigenvalue weighted by molar-refractivity contribution is 5.81. The average molecular weight is 299 g/mol. The number of esters is 1. The van der Waals surface area contributed by atoms with E-state index >= 15 is 0 Å². The van der Waals surface area contributed by atoms with E-state index in [1.165, 1.54) is 7.11 Å². The summed E-state index contributed by atoms with van der Waals surface area (Å²) in [6, 6.07) is -0.632. The van der Waals surface area contributed by atoms with Crippen LogP contribution in [0.4, 0.5) is 4.79 Å². The molecule has 1 fully saturated rings. The molecule has 0 aromatic heterocycles. The van der Waals surface area contributed by atoms with E-state index in [-0.39, 0.29) is 0 Å². The van der Waals surface area contributed by atoms with E-state index in [0.717, 1.165) is 12.8 Å². The minimum absolute atomic E-state index is 0.409. The fourth-order valence-electron chi connectivity index (χ4n) is 2.94. The smallest absolute Gasteiger partial charge is 0.408 e. The maximum Gasteiger partial charge on any atom is 0.408 e. The summed E-state index contributed by atoms with van der Waals surface area (Å²) in [5.74, 6) is 1.35. The lowest BCUT2D eigenvalue weighted by molar-refractivity contribution is -0.143. The number of hydrogen-bond donors (Lipinski definition) is 1. The molecule has 0 saturated heterocycles. The van der Waals surface area contributed by atoms with E-state index in [2.05, 4.69) is 19.2 Å². The Hall–Kier alpha value is -1.26. The highest BCUT2D eigenvalue weighted by Gasteiger charge is 2.33. The zero-order valence-electron chi connectivity index (χ0n) is 14.1. The molecule has 5 nitrogen and oxygen atoms in total. The van der Waals surface area contributed by atoms with Crippen LogP contribution in [0.15, 0.2) is 0 Å². The lowest BCUT2D eigenvalue weighted by Gasteiger charge is -2.24. The average Bonchev–Trinajstić information content (AvgIpc) is 2.64. The summed E-state index contributed by atoms with van der Waals surface area (Å²) < 4.78 is 10.0. The number of amides is 1. The number of hydrogen-bond acceptors (Lipinski definition) is 4. The van der Waals surface area contributed by atoms with Crippen molar-refractivity contribution in [1.29, 1.82) is 0 Å². The molecule has 1 saturated carbocycles. The van der Waals surface area contributed by atoms with Crippen molar-refractivity contribution < 1.29 is 19.1 Å². The minimum Gasteiger partial charge on any atom is -0.467 e. The van der Waals surface area contributed by atoms with E-state index in [0.29, 0.717) is 24.2 Å². The van der Waals surface area contributed by atoms with Crippen molar-refractivity contribution in [2.75, 3.05) is 7.11 Å². The van der Waals surface area contributed by atoms with E-state index in [1.54, 1.807) is 20.8 Å². The molecule has 0 aliphatic heterocycles. The first kappa shape index (κ1) is 17.8. The van der Waals surface area contributed by atoms with E-state index in [1.807, 2.05) is 0 Å². The van der Waals surface area contributed by atoms with Crippen LogP contribution >= 0.6 is 0 Å². The number of alkyl carbamates (subject to hydrolysis) is 1. The molecule has 1 amide bonds. The maximum absolute atomic E-state index is 11.9. The zero-order valence-corrected chi connectivity index (χ0v) is 14.1. The Kier molecular flexibility index (Phi) is 6.05. The first-order valence-corrected chi connectivity index (χ1v) is 7.69. The SMILES string of the molecule is COC(=O)[C@H](C[C@H]1C[C@@H](C)[C@@H](C)C1)NC(=O)OC(C)(C)C. The monoisotopic (exact) mass is 299 g/mol. The highest BCUT2D eigenvalue weighted by Crippen LogP contribution is 2.38. The van der Waals surface area contributed by atoms with Crippen molar-refractivity contribution in [3.8, 4) is 0 Å². The van der Waals surface area contributed by atoms with Crippen LogP contribution in [0.1, 0.15) is 53.9 Å². The molecule has 122 valence electrons. The number of methoxy groups -OCH3 is 1. The molecule has 1 aliphatic carbocycles. The van der Waals surface area contributed by atoms with Gasteiger partial charge in [0.25, 0.3) is 0 Å². The summed E-state index contributed by atoms with van der Waals surface area (Å²) in [7, 11) is 1.34. The van der Waals surface area contributed by atoms with Gasteiger partial charge in [-0.15, -0.1) is 0 Å². The van der Waals surface area contributed by atoms with Crippen molar-refractivity contribution in [3.63, 3.8) is 0 Å². The van der Waals surface area contributed by atoms with Crippen molar-refractivity contribution in [3.05, 3.63) is 0 Å². The van der Waals surface area contributed by atoms with Gasteiger partial charge in [0.15, 0.2) is 0 Å². The summed E-state index contributed by atoms with van der Waals surface area (Å²) in [6.07, 6.45) is 2.22. The predicted molar refractivity (Wildman–Crippen MR) is 80.8 cm³/mol. The lowest BCUT2D eigenvalue weighted by Crippen LogP contribution is -2.44. The third-order valence-corrected chi connectivity index (χ3v) is 4.13.